The maximum Gasteiger partial charge on any atom is 0.140 e. The van der Waals surface area contributed by atoms with Gasteiger partial charge in [-0.15, -0.1) is 0 Å². The van der Waals surface area contributed by atoms with E-state index in [-0.39, 0.29) is 0 Å². The lowest BCUT2D eigenvalue weighted by atomic mass is 10.1. The lowest BCUT2D eigenvalue weighted by molar-refractivity contribution is -0.118. The molecule has 0 aliphatic carbocycles. The van der Waals surface area contributed by atoms with Gasteiger partial charge in [-0.1, -0.05) is 84.9 Å². The first-order chi connectivity index (χ1) is 14.8. The van der Waals surface area contributed by atoms with Gasteiger partial charge in [-0.05, 0) is 42.0 Å². The van der Waals surface area contributed by atoms with Crippen molar-refractivity contribution in [3.05, 3.63) is 127 Å². The van der Waals surface area contributed by atoms with Crippen molar-refractivity contribution in [2.24, 2.45) is 0 Å². The first-order valence-electron chi connectivity index (χ1n) is 10.4. The summed E-state index contributed by atoms with van der Waals surface area (Å²) in [7, 11) is -1.93. The van der Waals surface area contributed by atoms with Crippen LogP contribution in [0.5, 0.6) is 0 Å². The Morgan fingerprint density at radius 2 is 0.900 bits per heavy atom. The van der Waals surface area contributed by atoms with Crippen molar-refractivity contribution in [3.8, 4) is 0 Å². The second-order valence-electron chi connectivity index (χ2n) is 7.49. The summed E-state index contributed by atoms with van der Waals surface area (Å²) >= 11 is 0. The minimum absolute atomic E-state index is 0.299. The van der Waals surface area contributed by atoms with Crippen molar-refractivity contribution in [1.29, 1.82) is 0 Å². The van der Waals surface area contributed by atoms with Gasteiger partial charge in [0.15, 0.2) is 0 Å². The molecule has 148 valence electrons. The molecule has 1 nitrogen and oxygen atoms in total. The Hall–Kier alpha value is -3.02. The first-order valence-corrected chi connectivity index (χ1v) is 12.4. The van der Waals surface area contributed by atoms with Crippen LogP contribution in [0.3, 0.4) is 0 Å². The number of hydrogen-bond acceptors (Lipinski definition) is 1. The molecule has 0 unspecified atom stereocenters. The zero-order chi connectivity index (χ0) is 20.7. The van der Waals surface area contributed by atoms with E-state index in [2.05, 4.69) is 91.0 Å². The number of rotatable bonds is 8. The van der Waals surface area contributed by atoms with Crippen LogP contribution in [0.2, 0.25) is 0 Å². The molecule has 0 bridgehead atoms. The van der Waals surface area contributed by atoms with E-state index in [9.17, 15) is 4.79 Å². The van der Waals surface area contributed by atoms with Gasteiger partial charge in [-0.3, -0.25) is 4.79 Å². The highest BCUT2D eigenvalue weighted by molar-refractivity contribution is 7.95. The Morgan fingerprint density at radius 1 is 0.533 bits per heavy atom. The third-order valence-electron chi connectivity index (χ3n) is 5.56. The highest BCUT2D eigenvalue weighted by atomic mass is 31.2. The molecule has 30 heavy (non-hydrogen) atoms. The number of benzene rings is 4. The second kappa shape index (κ2) is 9.65. The van der Waals surface area contributed by atoms with Crippen molar-refractivity contribution in [3.63, 3.8) is 0 Å². The van der Waals surface area contributed by atoms with Gasteiger partial charge in [0, 0.05) is 12.8 Å². The molecule has 0 aromatic heterocycles. The van der Waals surface area contributed by atoms with Gasteiger partial charge in [0.2, 0.25) is 0 Å². The summed E-state index contributed by atoms with van der Waals surface area (Å²) in [4.78, 5) is 13.0. The van der Waals surface area contributed by atoms with Gasteiger partial charge in [0.05, 0.1) is 6.16 Å². The fraction of sp³-hybridized carbons (Fsp3) is 0.107. The van der Waals surface area contributed by atoms with E-state index >= 15 is 0 Å². The van der Waals surface area contributed by atoms with Gasteiger partial charge in [-0.2, -0.15) is 0 Å². The minimum atomic E-state index is -1.93. The van der Waals surface area contributed by atoms with E-state index in [1.54, 1.807) is 0 Å². The molecule has 4 aromatic carbocycles. The molecule has 4 aromatic rings. The van der Waals surface area contributed by atoms with Crippen LogP contribution in [0.25, 0.3) is 0 Å². The number of hydrogen-bond donors (Lipinski definition) is 0. The van der Waals surface area contributed by atoms with Crippen molar-refractivity contribution in [2.45, 2.75) is 12.8 Å². The van der Waals surface area contributed by atoms with Crippen molar-refractivity contribution in [1.82, 2.24) is 0 Å². The average Bonchev–Trinajstić information content (AvgIpc) is 2.82. The quantitative estimate of drug-likeness (QED) is 0.367. The lowest BCUT2D eigenvalue weighted by Crippen LogP contribution is -2.34. The molecule has 0 fully saturated rings. The number of carbonyl (C=O) groups is 1. The topological polar surface area (TPSA) is 17.1 Å². The summed E-state index contributed by atoms with van der Waals surface area (Å²) in [5, 5.41) is 3.99. The number of Topliss-reactive ketones (excluding diaryl/α,β-unsaturated/α-hetero) is 1. The van der Waals surface area contributed by atoms with Gasteiger partial charge in [-0.25, -0.2) is 0 Å². The van der Waals surface area contributed by atoms with E-state index in [4.69, 9.17) is 0 Å². The Labute approximate surface area is 179 Å². The third kappa shape index (κ3) is 4.42. The summed E-state index contributed by atoms with van der Waals surface area (Å²) in [5.41, 5.74) is 1.09. The highest BCUT2D eigenvalue weighted by Gasteiger charge is 2.45. The van der Waals surface area contributed by atoms with Crippen LogP contribution >= 0.6 is 7.26 Å². The molecular weight excluding hydrogens is 383 g/mol. The van der Waals surface area contributed by atoms with Crippen molar-refractivity contribution >= 4 is 29.0 Å². The van der Waals surface area contributed by atoms with E-state index in [0.717, 1.165) is 11.7 Å². The molecule has 0 atom stereocenters. The minimum Gasteiger partial charge on any atom is -0.299 e. The smallest absolute Gasteiger partial charge is 0.140 e. The Bertz CT molecular complexity index is 964. The Morgan fingerprint density at radius 3 is 1.30 bits per heavy atom. The van der Waals surface area contributed by atoms with Gasteiger partial charge in [0.1, 0.15) is 29.0 Å². The predicted octanol–water partition coefficient (Wildman–Crippen LogP) is 5.18. The monoisotopic (exact) mass is 409 g/mol. The fourth-order valence-electron chi connectivity index (χ4n) is 4.09. The third-order valence-corrected chi connectivity index (χ3v) is 9.99. The molecule has 0 saturated carbocycles. The SMILES string of the molecule is O=C(CC[P+](c1ccccc1)(c1ccccc1)c1ccccc1)Cc1ccccc1. The normalized spacial score (nSPS) is 11.2. The zero-order valence-electron chi connectivity index (χ0n) is 17.0. The van der Waals surface area contributed by atoms with Crippen LogP contribution in [0.4, 0.5) is 0 Å². The van der Waals surface area contributed by atoms with Crippen LogP contribution in [0, 0.1) is 0 Å². The fourth-order valence-corrected chi connectivity index (χ4v) is 8.38. The van der Waals surface area contributed by atoms with Crippen LogP contribution < -0.4 is 15.9 Å². The zero-order valence-corrected chi connectivity index (χ0v) is 17.9. The second-order valence-corrected chi connectivity index (χ2v) is 11.1. The van der Waals surface area contributed by atoms with Gasteiger partial charge in [0.25, 0.3) is 0 Å². The van der Waals surface area contributed by atoms with Crippen LogP contribution in [-0.2, 0) is 11.2 Å². The van der Waals surface area contributed by atoms with Gasteiger partial charge >= 0.3 is 0 Å². The van der Waals surface area contributed by atoms with Crippen LogP contribution in [-0.4, -0.2) is 11.9 Å². The Balaban J connectivity index is 1.74. The summed E-state index contributed by atoms with van der Waals surface area (Å²) in [6, 6.07) is 42.3. The molecule has 2 heteroatoms. The standard InChI is InChI=1S/C28H26OP/c29-25(23-24-13-5-1-6-14-24)21-22-30(26-15-7-2-8-16-26,27-17-9-3-10-18-27)28-19-11-4-12-20-28/h1-20H,21-23H2/q+1. The van der Waals surface area contributed by atoms with E-state index in [1.165, 1.54) is 15.9 Å². The maximum absolute atomic E-state index is 13.0. The first kappa shape index (κ1) is 20.3. The van der Waals surface area contributed by atoms with E-state index in [0.29, 0.717) is 18.6 Å². The highest BCUT2D eigenvalue weighted by Crippen LogP contribution is 2.55. The summed E-state index contributed by atoms with van der Waals surface area (Å²) in [6.07, 6.45) is 1.91. The average molecular weight is 409 g/mol. The predicted molar refractivity (Wildman–Crippen MR) is 130 cm³/mol. The van der Waals surface area contributed by atoms with Crippen LogP contribution in [0.15, 0.2) is 121 Å². The molecule has 0 saturated heterocycles. The molecule has 0 radical (unpaired) electrons. The van der Waals surface area contributed by atoms with Crippen LogP contribution in [0.1, 0.15) is 12.0 Å². The molecule has 0 aliphatic heterocycles. The summed E-state index contributed by atoms with van der Waals surface area (Å²) < 4.78 is 0. The molecule has 0 aliphatic rings. The number of carbonyl (C=O) groups excluding carboxylic acids is 1. The molecule has 4 rings (SSSR count). The van der Waals surface area contributed by atoms with E-state index < -0.39 is 7.26 Å². The Kier molecular flexibility index (Phi) is 6.52. The lowest BCUT2D eigenvalue weighted by Gasteiger charge is -2.27. The summed E-state index contributed by atoms with van der Waals surface area (Å²) in [6.45, 7) is 0. The molecule has 0 heterocycles. The summed E-state index contributed by atoms with van der Waals surface area (Å²) in [5.74, 6) is 0.299. The molecule has 0 spiro atoms. The molecule has 0 N–H and O–H groups in total. The maximum atomic E-state index is 13.0. The largest absolute Gasteiger partial charge is 0.299 e. The molecular formula is C28H26OP+. The molecule has 0 amide bonds. The number of ketones is 1. The van der Waals surface area contributed by atoms with Crippen molar-refractivity contribution < 1.29 is 4.79 Å². The van der Waals surface area contributed by atoms with Crippen molar-refractivity contribution in [2.75, 3.05) is 6.16 Å². The van der Waals surface area contributed by atoms with Gasteiger partial charge < -0.3 is 0 Å². The van der Waals surface area contributed by atoms with E-state index in [1.807, 2.05) is 30.3 Å².